The maximum atomic E-state index is 13.4. The molecule has 3 aromatic rings. The first-order chi connectivity index (χ1) is 15.2. The van der Waals surface area contributed by atoms with E-state index >= 15 is 0 Å². The summed E-state index contributed by atoms with van der Waals surface area (Å²) in [5, 5.41) is 1.19. The number of cyclic esters (lactones) is 1. The van der Waals surface area contributed by atoms with Gasteiger partial charge in [0.15, 0.2) is 0 Å². The van der Waals surface area contributed by atoms with Crippen molar-refractivity contribution in [1.29, 1.82) is 0 Å². The first kappa shape index (κ1) is 19.5. The molecule has 0 radical (unpaired) electrons. The van der Waals surface area contributed by atoms with Gasteiger partial charge in [0.2, 0.25) is 5.91 Å². The highest BCUT2D eigenvalue weighted by atomic mass is 16.6. The van der Waals surface area contributed by atoms with E-state index in [2.05, 4.69) is 17.1 Å². The van der Waals surface area contributed by atoms with Crippen molar-refractivity contribution < 1.29 is 19.1 Å². The number of carbonyl (C=O) groups is 2. The molecular weight excluding hydrogens is 394 g/mol. The molecule has 2 aliphatic heterocycles. The minimum atomic E-state index is -0.428. The van der Waals surface area contributed by atoms with Gasteiger partial charge in [0.1, 0.15) is 24.9 Å². The van der Waals surface area contributed by atoms with Crippen LogP contribution < -0.4 is 4.74 Å². The van der Waals surface area contributed by atoms with Gasteiger partial charge in [-0.1, -0.05) is 36.4 Å². The zero-order chi connectivity index (χ0) is 21.4. The number of fused-ring (bicyclic) bond motifs is 3. The summed E-state index contributed by atoms with van der Waals surface area (Å²) >= 11 is 0. The van der Waals surface area contributed by atoms with E-state index in [1.807, 2.05) is 48.2 Å². The van der Waals surface area contributed by atoms with Gasteiger partial charge in [-0.2, -0.15) is 0 Å². The van der Waals surface area contributed by atoms with Crippen LogP contribution in [0.25, 0.3) is 10.9 Å². The van der Waals surface area contributed by atoms with E-state index in [4.69, 9.17) is 9.47 Å². The monoisotopic (exact) mass is 419 g/mol. The molecule has 2 aliphatic rings. The third-order valence-electron chi connectivity index (χ3n) is 6.04. The number of amides is 2. The van der Waals surface area contributed by atoms with Crippen molar-refractivity contribution in [3.63, 3.8) is 0 Å². The smallest absolute Gasteiger partial charge is 0.410 e. The number of nitrogens with zero attached hydrogens (tertiary/aromatic N) is 2. The van der Waals surface area contributed by atoms with E-state index < -0.39 is 6.09 Å². The molecular formula is C24H25N3O4. The zero-order valence-electron chi connectivity index (χ0n) is 17.5. The van der Waals surface area contributed by atoms with Gasteiger partial charge in [0, 0.05) is 28.7 Å². The van der Waals surface area contributed by atoms with Gasteiger partial charge in [0.25, 0.3) is 0 Å². The highest BCUT2D eigenvalue weighted by molar-refractivity contribution is 5.88. The molecule has 0 bridgehead atoms. The lowest BCUT2D eigenvalue weighted by atomic mass is 9.91. The number of hydrogen-bond donors (Lipinski definition) is 1. The molecule has 2 amide bonds. The molecule has 31 heavy (non-hydrogen) atoms. The second kappa shape index (κ2) is 7.98. The molecule has 2 aromatic carbocycles. The molecule has 5 rings (SSSR count). The molecule has 1 saturated heterocycles. The van der Waals surface area contributed by atoms with Crippen LogP contribution >= 0.6 is 0 Å². The Bertz CT molecular complexity index is 1140. The Labute approximate surface area is 180 Å². The van der Waals surface area contributed by atoms with Crippen molar-refractivity contribution in [2.45, 2.75) is 19.4 Å². The van der Waals surface area contributed by atoms with Gasteiger partial charge in [0.05, 0.1) is 13.2 Å². The minimum Gasteiger partial charge on any atom is -0.494 e. The Morgan fingerprint density at radius 3 is 2.77 bits per heavy atom. The number of hydrogen-bond acceptors (Lipinski definition) is 4. The molecule has 7 heteroatoms. The van der Waals surface area contributed by atoms with Gasteiger partial charge < -0.3 is 19.4 Å². The largest absolute Gasteiger partial charge is 0.494 e. The number of nitrogens with one attached hydrogen (secondary N) is 1. The Hall–Kier alpha value is -3.48. The number of aromatic amines is 1. The van der Waals surface area contributed by atoms with Gasteiger partial charge >= 0.3 is 6.09 Å². The van der Waals surface area contributed by atoms with Crippen LogP contribution in [0.3, 0.4) is 0 Å². The number of para-hydroxylation sites is 2. The number of benzene rings is 2. The SMILES string of the molecule is CCOc1ccccc1C1c2[nH]c3ccccc3c2CCN1C(=O)CN1CCOC1=O. The van der Waals surface area contributed by atoms with Gasteiger partial charge in [-0.25, -0.2) is 4.79 Å². The van der Waals surface area contributed by atoms with Crippen LogP contribution in [0.1, 0.15) is 29.8 Å². The summed E-state index contributed by atoms with van der Waals surface area (Å²) in [5.41, 5.74) is 4.24. The van der Waals surface area contributed by atoms with Crippen molar-refractivity contribution in [2.24, 2.45) is 0 Å². The van der Waals surface area contributed by atoms with Crippen molar-refractivity contribution in [1.82, 2.24) is 14.8 Å². The summed E-state index contributed by atoms with van der Waals surface area (Å²) in [5.74, 6) is 0.666. The lowest BCUT2D eigenvalue weighted by Gasteiger charge is -2.37. The minimum absolute atomic E-state index is 0.0156. The fraction of sp³-hybridized carbons (Fsp3) is 0.333. The fourth-order valence-electron chi connectivity index (χ4n) is 4.65. The van der Waals surface area contributed by atoms with Crippen molar-refractivity contribution in [2.75, 3.05) is 32.8 Å². The summed E-state index contributed by atoms with van der Waals surface area (Å²) in [7, 11) is 0. The summed E-state index contributed by atoms with van der Waals surface area (Å²) in [6, 6.07) is 15.8. The third kappa shape index (κ3) is 3.40. The van der Waals surface area contributed by atoms with E-state index in [-0.39, 0.29) is 18.5 Å². The molecule has 160 valence electrons. The lowest BCUT2D eigenvalue weighted by Crippen LogP contribution is -2.46. The van der Waals surface area contributed by atoms with Gasteiger partial charge in [-0.15, -0.1) is 0 Å². The van der Waals surface area contributed by atoms with E-state index in [1.54, 1.807) is 0 Å². The predicted octanol–water partition coefficient (Wildman–Crippen LogP) is 3.49. The molecule has 1 N–H and O–H groups in total. The molecule has 0 saturated carbocycles. The van der Waals surface area contributed by atoms with E-state index in [9.17, 15) is 9.59 Å². The van der Waals surface area contributed by atoms with Crippen molar-refractivity contribution in [3.8, 4) is 5.75 Å². The first-order valence-corrected chi connectivity index (χ1v) is 10.7. The quantitative estimate of drug-likeness (QED) is 0.687. The lowest BCUT2D eigenvalue weighted by molar-refractivity contribution is -0.133. The Morgan fingerprint density at radius 2 is 1.97 bits per heavy atom. The van der Waals surface area contributed by atoms with E-state index in [0.717, 1.165) is 28.9 Å². The van der Waals surface area contributed by atoms with Crippen LogP contribution in [0, 0.1) is 0 Å². The zero-order valence-corrected chi connectivity index (χ0v) is 17.5. The highest BCUT2D eigenvalue weighted by Gasteiger charge is 2.37. The molecule has 1 fully saturated rings. The van der Waals surface area contributed by atoms with Crippen LogP contribution in [0.15, 0.2) is 48.5 Å². The van der Waals surface area contributed by atoms with E-state index in [0.29, 0.717) is 26.3 Å². The standard InChI is InChI=1S/C24H25N3O4/c1-2-30-20-10-6-4-8-18(20)23-22-17(16-7-3-5-9-19(16)25-22)11-12-27(23)21(28)15-26-13-14-31-24(26)29/h3-10,23,25H,2,11-15H2,1H3. The number of H-pyrrole nitrogens is 1. The molecule has 3 heterocycles. The fourth-order valence-corrected chi connectivity index (χ4v) is 4.65. The molecule has 0 aliphatic carbocycles. The van der Waals surface area contributed by atoms with Crippen molar-refractivity contribution >= 4 is 22.9 Å². The first-order valence-electron chi connectivity index (χ1n) is 10.7. The number of carbonyl (C=O) groups excluding carboxylic acids is 2. The average molecular weight is 419 g/mol. The summed E-state index contributed by atoms with van der Waals surface area (Å²) in [6.45, 7) is 3.85. The molecule has 0 spiro atoms. The van der Waals surface area contributed by atoms with E-state index in [1.165, 1.54) is 15.8 Å². The number of ether oxygens (including phenoxy) is 2. The molecule has 1 unspecified atom stereocenters. The maximum absolute atomic E-state index is 13.4. The third-order valence-corrected chi connectivity index (χ3v) is 6.04. The van der Waals surface area contributed by atoms with Crippen LogP contribution in [0.5, 0.6) is 5.75 Å². The van der Waals surface area contributed by atoms with Crippen molar-refractivity contribution in [3.05, 3.63) is 65.4 Å². The second-order valence-corrected chi connectivity index (χ2v) is 7.81. The summed E-state index contributed by atoms with van der Waals surface area (Å²) < 4.78 is 10.9. The Balaban J connectivity index is 1.59. The van der Waals surface area contributed by atoms with Crippen LogP contribution in [0.4, 0.5) is 4.79 Å². The maximum Gasteiger partial charge on any atom is 0.410 e. The normalized spacial score (nSPS) is 18.2. The van der Waals surface area contributed by atoms with Gasteiger partial charge in [-0.3, -0.25) is 9.69 Å². The summed E-state index contributed by atoms with van der Waals surface area (Å²) in [6.07, 6.45) is 0.325. The average Bonchev–Trinajstić information content (AvgIpc) is 3.37. The summed E-state index contributed by atoms with van der Waals surface area (Å²) in [4.78, 5) is 32.2. The van der Waals surface area contributed by atoms with Gasteiger partial charge in [-0.05, 0) is 31.0 Å². The Kier molecular flexibility index (Phi) is 5.02. The van der Waals surface area contributed by atoms with Crippen LogP contribution in [-0.4, -0.2) is 59.6 Å². The molecule has 1 atom stereocenters. The second-order valence-electron chi connectivity index (χ2n) is 7.81. The Morgan fingerprint density at radius 1 is 1.16 bits per heavy atom. The predicted molar refractivity (Wildman–Crippen MR) is 116 cm³/mol. The van der Waals surface area contributed by atoms with Crippen LogP contribution in [0.2, 0.25) is 0 Å². The highest BCUT2D eigenvalue weighted by Crippen LogP contribution is 2.41. The topological polar surface area (TPSA) is 74.9 Å². The number of rotatable bonds is 5. The molecule has 7 nitrogen and oxygen atoms in total. The molecule has 1 aromatic heterocycles. The van der Waals surface area contributed by atoms with Crippen LogP contribution in [-0.2, 0) is 16.0 Å². The number of aromatic nitrogens is 1.